The summed E-state index contributed by atoms with van der Waals surface area (Å²) in [6.07, 6.45) is 50.9. The lowest BCUT2D eigenvalue weighted by molar-refractivity contribution is -0.145. The van der Waals surface area contributed by atoms with E-state index in [-0.39, 0.29) is 51.2 Å². The van der Waals surface area contributed by atoms with E-state index in [9.17, 15) is 40.2 Å². The SMILES string of the molecule is CCCCCCCCCCCCC(O)CN(CCOC(=O)CCN(CCO)CCN(CCO)CCC(=O)OCCN(CC(O)CCCCCCCCCCCC)CC(O)CCCCCCCCCCCC)CC(O)CCCCCCCCCCCC. The normalized spacial score (nSPS) is 13.4. The lowest BCUT2D eigenvalue weighted by Crippen LogP contribution is -2.41. The third-order valence-electron chi connectivity index (χ3n) is 17.6. The molecule has 0 saturated carbocycles. The summed E-state index contributed by atoms with van der Waals surface area (Å²) in [6.45, 7) is 14.3. The topological polar surface area (TPSA) is 187 Å². The van der Waals surface area contributed by atoms with Crippen molar-refractivity contribution < 1.29 is 49.7 Å². The molecule has 0 aromatic rings. The number of rotatable bonds is 71. The van der Waals surface area contributed by atoms with Crippen LogP contribution in [0.25, 0.3) is 0 Å². The number of carbonyl (C=O) groups is 2. The molecule has 0 aliphatic carbocycles. The number of ether oxygens (including phenoxy) is 2. The van der Waals surface area contributed by atoms with Crippen LogP contribution in [-0.4, -0.2) is 192 Å². The third-order valence-corrected chi connectivity index (χ3v) is 17.6. The molecule has 514 valence electrons. The van der Waals surface area contributed by atoms with Crippen LogP contribution < -0.4 is 0 Å². The van der Waals surface area contributed by atoms with Gasteiger partial charge in [-0.3, -0.25) is 29.2 Å². The van der Waals surface area contributed by atoms with Gasteiger partial charge in [0, 0.05) is 78.5 Å². The second-order valence-electron chi connectivity index (χ2n) is 26.1. The Morgan fingerprint density at radius 2 is 0.488 bits per heavy atom. The minimum atomic E-state index is -0.507. The van der Waals surface area contributed by atoms with E-state index in [1.54, 1.807) is 0 Å². The van der Waals surface area contributed by atoms with Gasteiger partial charge in [0.2, 0.25) is 0 Å². The number of carbonyl (C=O) groups excluding carboxylic acids is 2. The first-order valence-electron chi connectivity index (χ1n) is 37.2. The van der Waals surface area contributed by atoms with Crippen LogP contribution in [0.2, 0.25) is 0 Å². The van der Waals surface area contributed by atoms with Gasteiger partial charge < -0.3 is 40.1 Å². The Hall–Kier alpha value is -1.46. The summed E-state index contributed by atoms with van der Waals surface area (Å²) in [4.78, 5) is 34.4. The minimum Gasteiger partial charge on any atom is -0.464 e. The van der Waals surface area contributed by atoms with Gasteiger partial charge in [0.15, 0.2) is 0 Å². The molecule has 0 radical (unpaired) electrons. The van der Waals surface area contributed by atoms with Crippen molar-refractivity contribution in [2.75, 3.05) is 105 Å². The molecule has 0 spiro atoms. The second-order valence-corrected chi connectivity index (χ2v) is 26.1. The summed E-state index contributed by atoms with van der Waals surface area (Å²) in [5.74, 6) is -0.684. The molecule has 0 aliphatic heterocycles. The summed E-state index contributed by atoms with van der Waals surface area (Å²) in [5.41, 5.74) is 0. The van der Waals surface area contributed by atoms with Crippen LogP contribution in [0.15, 0.2) is 0 Å². The number of unbranched alkanes of at least 4 members (excludes halogenated alkanes) is 36. The van der Waals surface area contributed by atoms with Crippen molar-refractivity contribution in [3.05, 3.63) is 0 Å². The van der Waals surface area contributed by atoms with E-state index in [0.717, 1.165) is 77.0 Å². The highest BCUT2D eigenvalue weighted by atomic mass is 16.5. The zero-order chi connectivity index (χ0) is 63.0. The molecule has 86 heavy (non-hydrogen) atoms. The Kier molecular flexibility index (Phi) is 65.3. The minimum absolute atomic E-state index is 0.0804. The molecule has 0 saturated heterocycles. The predicted molar refractivity (Wildman–Crippen MR) is 361 cm³/mol. The lowest BCUT2D eigenvalue weighted by atomic mass is 10.0. The molecule has 0 rings (SSSR count). The van der Waals surface area contributed by atoms with E-state index in [1.807, 2.05) is 9.80 Å². The molecular formula is C72H146N4O10. The summed E-state index contributed by atoms with van der Waals surface area (Å²) in [7, 11) is 0. The largest absolute Gasteiger partial charge is 0.464 e. The van der Waals surface area contributed by atoms with Gasteiger partial charge in [-0.2, -0.15) is 0 Å². The first-order valence-corrected chi connectivity index (χ1v) is 37.2. The van der Waals surface area contributed by atoms with Crippen LogP contribution in [0.5, 0.6) is 0 Å². The maximum Gasteiger partial charge on any atom is 0.307 e. The van der Waals surface area contributed by atoms with Crippen LogP contribution in [-0.2, 0) is 19.1 Å². The molecule has 0 amide bonds. The summed E-state index contributed by atoms with van der Waals surface area (Å²) in [6, 6.07) is 0. The van der Waals surface area contributed by atoms with Crippen molar-refractivity contribution >= 4 is 11.9 Å². The Labute approximate surface area is 531 Å². The van der Waals surface area contributed by atoms with E-state index in [1.165, 1.54) is 205 Å². The Balaban J connectivity index is 5.16. The predicted octanol–water partition coefficient (Wildman–Crippen LogP) is 14.7. The highest BCUT2D eigenvalue weighted by Gasteiger charge is 2.20. The van der Waals surface area contributed by atoms with Crippen LogP contribution in [0.4, 0.5) is 0 Å². The van der Waals surface area contributed by atoms with Gasteiger partial charge in [-0.15, -0.1) is 0 Å². The molecule has 4 atom stereocenters. The molecule has 14 heteroatoms. The summed E-state index contributed by atoms with van der Waals surface area (Å²) >= 11 is 0. The van der Waals surface area contributed by atoms with Crippen molar-refractivity contribution in [3.8, 4) is 0 Å². The van der Waals surface area contributed by atoms with E-state index in [0.29, 0.717) is 78.5 Å². The maximum atomic E-state index is 13.1. The molecule has 14 nitrogen and oxygen atoms in total. The Bertz CT molecular complexity index is 1220. The smallest absolute Gasteiger partial charge is 0.307 e. The number of hydrogen-bond acceptors (Lipinski definition) is 14. The monoisotopic (exact) mass is 1230 g/mol. The average molecular weight is 1230 g/mol. The molecule has 0 heterocycles. The number of aliphatic hydroxyl groups excluding tert-OH is 6. The number of nitrogens with zero attached hydrogens (tertiary/aromatic N) is 4. The number of aliphatic hydroxyl groups is 6. The van der Waals surface area contributed by atoms with E-state index in [4.69, 9.17) is 9.47 Å². The molecule has 0 bridgehead atoms. The molecule has 6 N–H and O–H groups in total. The fraction of sp³-hybridized carbons (Fsp3) is 0.972. The molecule has 4 unspecified atom stereocenters. The fourth-order valence-electron chi connectivity index (χ4n) is 12.0. The van der Waals surface area contributed by atoms with Gasteiger partial charge in [-0.25, -0.2) is 0 Å². The van der Waals surface area contributed by atoms with Gasteiger partial charge in [0.05, 0.1) is 50.5 Å². The van der Waals surface area contributed by atoms with Crippen molar-refractivity contribution in [2.45, 2.75) is 347 Å². The van der Waals surface area contributed by atoms with Crippen LogP contribution in [0, 0.1) is 0 Å². The third kappa shape index (κ3) is 60.1. The molecule has 0 aromatic carbocycles. The fourth-order valence-corrected chi connectivity index (χ4v) is 12.0. The van der Waals surface area contributed by atoms with Gasteiger partial charge >= 0.3 is 11.9 Å². The molecule has 0 aromatic heterocycles. The summed E-state index contributed by atoms with van der Waals surface area (Å²) in [5, 5.41) is 64.3. The van der Waals surface area contributed by atoms with Crippen molar-refractivity contribution in [1.82, 2.24) is 19.6 Å². The van der Waals surface area contributed by atoms with Crippen LogP contribution in [0.3, 0.4) is 0 Å². The van der Waals surface area contributed by atoms with Gasteiger partial charge in [0.1, 0.15) is 13.2 Å². The first kappa shape index (κ1) is 84.5. The maximum absolute atomic E-state index is 13.1. The Morgan fingerprint density at radius 3 is 0.698 bits per heavy atom. The number of esters is 2. The van der Waals surface area contributed by atoms with Crippen LogP contribution in [0.1, 0.15) is 323 Å². The molecule has 0 fully saturated rings. The van der Waals surface area contributed by atoms with Crippen molar-refractivity contribution in [1.29, 1.82) is 0 Å². The lowest BCUT2D eigenvalue weighted by Gasteiger charge is -2.28. The van der Waals surface area contributed by atoms with E-state index < -0.39 is 24.4 Å². The summed E-state index contributed by atoms with van der Waals surface area (Å²) < 4.78 is 11.5. The zero-order valence-corrected chi connectivity index (χ0v) is 57.3. The second kappa shape index (κ2) is 66.5. The Morgan fingerprint density at radius 1 is 0.279 bits per heavy atom. The van der Waals surface area contributed by atoms with Gasteiger partial charge in [-0.1, -0.05) is 285 Å². The van der Waals surface area contributed by atoms with Crippen LogP contribution >= 0.6 is 0 Å². The van der Waals surface area contributed by atoms with Crippen molar-refractivity contribution in [2.24, 2.45) is 0 Å². The zero-order valence-electron chi connectivity index (χ0n) is 57.3. The quantitative estimate of drug-likeness (QED) is 0.0249. The standard InChI is InChI=1S/C72H146N4O10/c1-5-9-13-17-21-25-29-33-37-41-45-67(79)63-75(64-68(80)46-42-38-34-30-26-22-18-14-10-6-2)57-61-85-71(83)49-51-73(55-59-77)53-54-74(56-60-78)52-50-72(84)86-62-58-76(65-69(81)47-43-39-35-31-27-23-19-15-11-7-3)66-70(82)48-44-40-36-32-28-24-20-16-12-8-4/h67-70,77-82H,5-66H2,1-4H3. The van der Waals surface area contributed by atoms with E-state index in [2.05, 4.69) is 37.5 Å². The van der Waals surface area contributed by atoms with E-state index >= 15 is 0 Å². The number of hydrogen-bond donors (Lipinski definition) is 6. The molecule has 0 aliphatic rings. The average Bonchev–Trinajstić information content (AvgIpc) is 3.54. The van der Waals surface area contributed by atoms with Gasteiger partial charge in [-0.05, 0) is 25.7 Å². The highest BCUT2D eigenvalue weighted by molar-refractivity contribution is 5.69. The van der Waals surface area contributed by atoms with Gasteiger partial charge in [0.25, 0.3) is 0 Å². The highest BCUT2D eigenvalue weighted by Crippen LogP contribution is 2.18. The molecular weight excluding hydrogens is 1080 g/mol. The van der Waals surface area contributed by atoms with Crippen molar-refractivity contribution in [3.63, 3.8) is 0 Å². The first-order chi connectivity index (χ1) is 42.0.